The highest BCUT2D eigenvalue weighted by molar-refractivity contribution is 5.89. The molecule has 0 fully saturated rings. The Morgan fingerprint density at radius 3 is 2.81 bits per heavy atom. The van der Waals surface area contributed by atoms with Crippen LogP contribution in [0.1, 0.15) is 30.6 Å². The summed E-state index contributed by atoms with van der Waals surface area (Å²) in [7, 11) is 1.76. The molecule has 2 rings (SSSR count). The van der Waals surface area contributed by atoms with Gasteiger partial charge in [0, 0.05) is 27.1 Å². The fourth-order valence-electron chi connectivity index (χ4n) is 2.19. The summed E-state index contributed by atoms with van der Waals surface area (Å²) in [5.74, 6) is 0.978. The predicted molar refractivity (Wildman–Crippen MR) is 101 cm³/mol. The molecule has 0 radical (unpaired) electrons. The van der Waals surface area contributed by atoms with Gasteiger partial charge >= 0.3 is 5.97 Å². The van der Waals surface area contributed by atoms with Gasteiger partial charge in [-0.1, -0.05) is 6.07 Å². The highest BCUT2D eigenvalue weighted by Crippen LogP contribution is 2.21. The number of benzene rings is 1. The molecule has 0 spiro atoms. The maximum atomic E-state index is 11.8. The van der Waals surface area contributed by atoms with Gasteiger partial charge in [-0.25, -0.2) is 4.79 Å². The topological polar surface area (TPSA) is 93.7 Å². The minimum atomic E-state index is -0.403. The molecule has 0 aliphatic heterocycles. The SMILES string of the molecule is CCOC(=O)c1cccc(Oc2cncc(NCCCN(C)C(C)=O)n2)c1. The second-order valence-corrected chi connectivity index (χ2v) is 5.81. The van der Waals surface area contributed by atoms with Gasteiger partial charge in [-0.05, 0) is 31.5 Å². The zero-order valence-corrected chi connectivity index (χ0v) is 15.8. The van der Waals surface area contributed by atoms with Crippen LogP contribution in [0.2, 0.25) is 0 Å². The molecule has 1 aromatic carbocycles. The highest BCUT2D eigenvalue weighted by Gasteiger charge is 2.09. The predicted octanol–water partition coefficient (Wildman–Crippen LogP) is 2.73. The summed E-state index contributed by atoms with van der Waals surface area (Å²) in [4.78, 5) is 33.1. The third-order valence-electron chi connectivity index (χ3n) is 3.69. The van der Waals surface area contributed by atoms with Crippen molar-refractivity contribution in [2.75, 3.05) is 32.1 Å². The van der Waals surface area contributed by atoms with Gasteiger partial charge < -0.3 is 19.7 Å². The van der Waals surface area contributed by atoms with Crippen molar-refractivity contribution in [2.24, 2.45) is 0 Å². The van der Waals surface area contributed by atoms with Crippen LogP contribution in [0.5, 0.6) is 11.6 Å². The van der Waals surface area contributed by atoms with E-state index in [0.717, 1.165) is 6.42 Å². The summed E-state index contributed by atoms with van der Waals surface area (Å²) >= 11 is 0. The smallest absolute Gasteiger partial charge is 0.338 e. The zero-order chi connectivity index (χ0) is 19.6. The zero-order valence-electron chi connectivity index (χ0n) is 15.8. The molecule has 144 valence electrons. The van der Waals surface area contributed by atoms with Crippen LogP contribution in [0.3, 0.4) is 0 Å². The summed E-state index contributed by atoms with van der Waals surface area (Å²) in [5.41, 5.74) is 0.408. The number of anilines is 1. The van der Waals surface area contributed by atoms with E-state index >= 15 is 0 Å². The summed E-state index contributed by atoms with van der Waals surface area (Å²) in [6.45, 7) is 4.91. The number of hydrogen-bond acceptors (Lipinski definition) is 7. The molecule has 1 aromatic heterocycles. The van der Waals surface area contributed by atoms with Gasteiger partial charge in [0.2, 0.25) is 11.8 Å². The van der Waals surface area contributed by atoms with Crippen molar-refractivity contribution in [3.8, 4) is 11.6 Å². The number of ether oxygens (including phenoxy) is 2. The lowest BCUT2D eigenvalue weighted by Gasteiger charge is -2.14. The molecule has 1 amide bonds. The molecule has 0 aliphatic rings. The Bertz CT molecular complexity index is 782. The Kier molecular flexibility index (Phi) is 7.54. The third-order valence-corrected chi connectivity index (χ3v) is 3.69. The van der Waals surface area contributed by atoms with Crippen LogP contribution in [0.25, 0.3) is 0 Å². The van der Waals surface area contributed by atoms with E-state index < -0.39 is 5.97 Å². The second kappa shape index (κ2) is 10.1. The number of carbonyl (C=O) groups is 2. The van der Waals surface area contributed by atoms with Gasteiger partial charge in [-0.15, -0.1) is 0 Å². The average molecular weight is 372 g/mol. The molecule has 0 atom stereocenters. The van der Waals surface area contributed by atoms with Crippen molar-refractivity contribution < 1.29 is 19.1 Å². The van der Waals surface area contributed by atoms with Gasteiger partial charge in [-0.3, -0.25) is 9.78 Å². The van der Waals surface area contributed by atoms with Crippen LogP contribution in [0, 0.1) is 0 Å². The lowest BCUT2D eigenvalue weighted by Crippen LogP contribution is -2.26. The summed E-state index contributed by atoms with van der Waals surface area (Å²) in [6, 6.07) is 6.69. The number of esters is 1. The van der Waals surface area contributed by atoms with E-state index in [4.69, 9.17) is 9.47 Å². The van der Waals surface area contributed by atoms with Gasteiger partial charge in [0.05, 0.1) is 24.6 Å². The first-order valence-corrected chi connectivity index (χ1v) is 8.72. The van der Waals surface area contributed by atoms with E-state index in [1.807, 2.05) is 0 Å². The van der Waals surface area contributed by atoms with Crippen molar-refractivity contribution in [3.05, 3.63) is 42.2 Å². The Labute approximate surface area is 158 Å². The first-order chi connectivity index (χ1) is 13.0. The van der Waals surface area contributed by atoms with Gasteiger partial charge in [0.1, 0.15) is 11.6 Å². The number of rotatable bonds is 9. The van der Waals surface area contributed by atoms with E-state index in [9.17, 15) is 9.59 Å². The summed E-state index contributed by atoms with van der Waals surface area (Å²) < 4.78 is 10.7. The van der Waals surface area contributed by atoms with Crippen LogP contribution in [-0.2, 0) is 9.53 Å². The van der Waals surface area contributed by atoms with Crippen molar-refractivity contribution in [3.63, 3.8) is 0 Å². The minimum Gasteiger partial charge on any atom is -0.462 e. The van der Waals surface area contributed by atoms with Crippen molar-refractivity contribution in [1.82, 2.24) is 14.9 Å². The molecule has 8 heteroatoms. The number of amides is 1. The van der Waals surface area contributed by atoms with E-state index in [0.29, 0.717) is 42.7 Å². The Morgan fingerprint density at radius 1 is 1.26 bits per heavy atom. The Balaban J connectivity index is 1.93. The van der Waals surface area contributed by atoms with Crippen molar-refractivity contribution in [2.45, 2.75) is 20.3 Å². The first kappa shape index (κ1) is 20.2. The summed E-state index contributed by atoms with van der Waals surface area (Å²) in [6.07, 6.45) is 3.87. The maximum Gasteiger partial charge on any atom is 0.338 e. The minimum absolute atomic E-state index is 0.0373. The van der Waals surface area contributed by atoms with Crippen molar-refractivity contribution >= 4 is 17.7 Å². The number of nitrogens with zero attached hydrogens (tertiary/aromatic N) is 3. The molecule has 1 heterocycles. The molecular weight excluding hydrogens is 348 g/mol. The van der Waals surface area contributed by atoms with Crippen LogP contribution in [0.15, 0.2) is 36.7 Å². The standard InChI is InChI=1S/C19H24N4O4/c1-4-26-19(25)15-7-5-8-16(11-15)27-18-13-20-12-17(22-18)21-9-6-10-23(3)14(2)24/h5,7-8,11-13H,4,6,9-10H2,1-3H3,(H,21,22). The second-order valence-electron chi connectivity index (χ2n) is 5.81. The quantitative estimate of drug-likeness (QED) is 0.534. The van der Waals surface area contributed by atoms with E-state index in [1.54, 1.807) is 49.3 Å². The molecule has 0 saturated carbocycles. The fraction of sp³-hybridized carbons (Fsp3) is 0.368. The maximum absolute atomic E-state index is 11.8. The Morgan fingerprint density at radius 2 is 2.07 bits per heavy atom. The van der Waals surface area contributed by atoms with E-state index in [2.05, 4.69) is 15.3 Å². The molecule has 0 saturated heterocycles. The van der Waals surface area contributed by atoms with Gasteiger partial charge in [0.15, 0.2) is 0 Å². The molecule has 8 nitrogen and oxygen atoms in total. The van der Waals surface area contributed by atoms with Gasteiger partial charge in [0.25, 0.3) is 0 Å². The van der Waals surface area contributed by atoms with Crippen molar-refractivity contribution in [1.29, 1.82) is 0 Å². The fourth-order valence-corrected chi connectivity index (χ4v) is 2.19. The number of nitrogens with one attached hydrogen (secondary N) is 1. The lowest BCUT2D eigenvalue weighted by atomic mass is 10.2. The number of aromatic nitrogens is 2. The molecule has 2 aromatic rings. The third kappa shape index (κ3) is 6.58. The largest absolute Gasteiger partial charge is 0.462 e. The van der Waals surface area contributed by atoms with Crippen LogP contribution in [-0.4, -0.2) is 53.5 Å². The van der Waals surface area contributed by atoms with E-state index in [1.165, 1.54) is 13.1 Å². The van der Waals surface area contributed by atoms with Crippen LogP contribution in [0.4, 0.5) is 5.82 Å². The van der Waals surface area contributed by atoms with Crippen LogP contribution < -0.4 is 10.1 Å². The molecule has 0 bridgehead atoms. The highest BCUT2D eigenvalue weighted by atomic mass is 16.5. The van der Waals surface area contributed by atoms with E-state index in [-0.39, 0.29) is 5.91 Å². The molecule has 0 aliphatic carbocycles. The number of carbonyl (C=O) groups excluding carboxylic acids is 2. The Hall–Kier alpha value is -3.16. The first-order valence-electron chi connectivity index (χ1n) is 8.72. The molecule has 0 unspecified atom stereocenters. The molecular formula is C19H24N4O4. The monoisotopic (exact) mass is 372 g/mol. The van der Waals surface area contributed by atoms with Gasteiger partial charge in [-0.2, -0.15) is 4.98 Å². The molecule has 1 N–H and O–H groups in total. The summed E-state index contributed by atoms with van der Waals surface area (Å²) in [5, 5.41) is 3.15. The number of hydrogen-bond donors (Lipinski definition) is 1. The average Bonchev–Trinajstić information content (AvgIpc) is 2.65. The normalized spacial score (nSPS) is 10.2. The molecule has 27 heavy (non-hydrogen) atoms. The van der Waals surface area contributed by atoms with Crippen LogP contribution >= 0.6 is 0 Å². The lowest BCUT2D eigenvalue weighted by molar-refractivity contribution is -0.127.